The van der Waals surface area contributed by atoms with Gasteiger partial charge in [0.1, 0.15) is 11.6 Å². The summed E-state index contributed by atoms with van der Waals surface area (Å²) in [5.41, 5.74) is 1.31. The van der Waals surface area contributed by atoms with Crippen LogP contribution in [-0.2, 0) is 11.8 Å². The average Bonchev–Trinajstić information content (AvgIpc) is 3.34. The third-order valence-electron chi connectivity index (χ3n) is 6.10. The van der Waals surface area contributed by atoms with Crippen LogP contribution in [0, 0.1) is 17.2 Å². The van der Waals surface area contributed by atoms with Crippen molar-refractivity contribution in [1.29, 1.82) is 5.26 Å². The molecule has 0 aromatic carbocycles. The number of nitriles is 1. The highest BCUT2D eigenvalue weighted by Crippen LogP contribution is 2.38. The molecule has 8 nitrogen and oxygen atoms in total. The van der Waals surface area contributed by atoms with Crippen molar-refractivity contribution in [2.75, 3.05) is 18.0 Å². The van der Waals surface area contributed by atoms with Gasteiger partial charge in [-0.3, -0.25) is 9.48 Å². The third-order valence-corrected chi connectivity index (χ3v) is 6.10. The van der Waals surface area contributed by atoms with E-state index in [0.29, 0.717) is 23.1 Å². The Bertz CT molecular complexity index is 942. The van der Waals surface area contributed by atoms with Gasteiger partial charge in [0, 0.05) is 32.3 Å². The summed E-state index contributed by atoms with van der Waals surface area (Å²) in [5.74, 6) is 1.81. The molecule has 2 saturated heterocycles. The van der Waals surface area contributed by atoms with Gasteiger partial charge >= 0.3 is 0 Å². The molecule has 3 fully saturated rings. The van der Waals surface area contributed by atoms with E-state index < -0.39 is 0 Å². The second-order valence-corrected chi connectivity index (χ2v) is 7.76. The van der Waals surface area contributed by atoms with Gasteiger partial charge in [0.05, 0.1) is 30.0 Å². The molecule has 1 amide bonds. The summed E-state index contributed by atoms with van der Waals surface area (Å²) in [6, 6.07) is 2.67. The number of piperazine rings is 1. The minimum absolute atomic E-state index is 0.225. The number of rotatable bonds is 3. The van der Waals surface area contributed by atoms with Crippen molar-refractivity contribution in [2.24, 2.45) is 13.0 Å². The molecule has 0 spiro atoms. The van der Waals surface area contributed by atoms with Gasteiger partial charge in [-0.05, 0) is 19.3 Å². The van der Waals surface area contributed by atoms with Crippen LogP contribution in [0.3, 0.4) is 0 Å². The first-order valence-corrected chi connectivity index (χ1v) is 9.47. The van der Waals surface area contributed by atoms with Crippen LogP contribution in [0.4, 0.5) is 5.82 Å². The first kappa shape index (κ1) is 16.2. The summed E-state index contributed by atoms with van der Waals surface area (Å²) in [6.07, 6.45) is 9.38. The molecular formula is C19H21N7O. The molecule has 27 heavy (non-hydrogen) atoms. The molecule has 2 bridgehead atoms. The molecule has 2 aliphatic heterocycles. The molecule has 0 unspecified atom stereocenters. The van der Waals surface area contributed by atoms with Gasteiger partial charge in [-0.2, -0.15) is 10.4 Å². The second kappa shape index (κ2) is 6.05. The highest BCUT2D eigenvalue weighted by molar-refractivity contribution is 5.81. The Labute approximate surface area is 157 Å². The van der Waals surface area contributed by atoms with Gasteiger partial charge in [0.2, 0.25) is 5.91 Å². The molecule has 1 aliphatic carbocycles. The van der Waals surface area contributed by atoms with Crippen molar-refractivity contribution < 1.29 is 4.79 Å². The highest BCUT2D eigenvalue weighted by Gasteiger charge is 2.48. The summed E-state index contributed by atoms with van der Waals surface area (Å²) in [5, 5.41) is 13.7. The van der Waals surface area contributed by atoms with E-state index in [-0.39, 0.29) is 18.0 Å². The molecule has 138 valence electrons. The maximum Gasteiger partial charge on any atom is 0.226 e. The maximum absolute atomic E-state index is 12.6. The fourth-order valence-corrected chi connectivity index (χ4v) is 4.43. The maximum atomic E-state index is 12.6. The number of carbonyl (C=O) groups excluding carboxylic acids is 1. The van der Waals surface area contributed by atoms with Crippen molar-refractivity contribution in [3.63, 3.8) is 0 Å². The lowest BCUT2D eigenvalue weighted by Crippen LogP contribution is -2.51. The number of likely N-dealkylation sites (tertiary alicyclic amines) is 1. The number of aromatic nitrogens is 4. The van der Waals surface area contributed by atoms with E-state index in [1.165, 1.54) is 6.42 Å². The SMILES string of the molecule is Cn1cc(-c2ncc(C#N)c(N3C[C@@H]4C[C@H]3CN4C(=O)C3CCC3)n2)cn1. The van der Waals surface area contributed by atoms with Gasteiger partial charge < -0.3 is 9.80 Å². The minimum atomic E-state index is 0.225. The summed E-state index contributed by atoms with van der Waals surface area (Å²) < 4.78 is 1.71. The number of fused-ring (bicyclic) bond motifs is 2. The predicted molar refractivity (Wildman–Crippen MR) is 97.5 cm³/mol. The predicted octanol–water partition coefficient (Wildman–Crippen LogP) is 1.34. The number of carbonyl (C=O) groups is 1. The summed E-state index contributed by atoms with van der Waals surface area (Å²) in [4.78, 5) is 25.9. The van der Waals surface area contributed by atoms with Gasteiger partial charge in [-0.1, -0.05) is 6.42 Å². The number of nitrogens with zero attached hydrogens (tertiary/aromatic N) is 7. The molecule has 4 heterocycles. The van der Waals surface area contributed by atoms with Crippen LogP contribution < -0.4 is 4.90 Å². The lowest BCUT2D eigenvalue weighted by atomic mass is 9.84. The van der Waals surface area contributed by atoms with Crippen LogP contribution in [0.5, 0.6) is 0 Å². The normalized spacial score (nSPS) is 24.1. The lowest BCUT2D eigenvalue weighted by molar-refractivity contribution is -0.139. The molecule has 0 N–H and O–H groups in total. The number of hydrogen-bond acceptors (Lipinski definition) is 6. The smallest absolute Gasteiger partial charge is 0.226 e. The Morgan fingerprint density at radius 1 is 1.26 bits per heavy atom. The molecule has 5 rings (SSSR count). The van der Waals surface area contributed by atoms with Crippen LogP contribution in [0.15, 0.2) is 18.6 Å². The van der Waals surface area contributed by atoms with E-state index in [1.54, 1.807) is 17.1 Å². The van der Waals surface area contributed by atoms with Crippen LogP contribution in [0.25, 0.3) is 11.4 Å². The zero-order valence-electron chi connectivity index (χ0n) is 15.2. The zero-order valence-corrected chi connectivity index (χ0v) is 15.2. The standard InChI is InChI=1S/C19H21N7O/c1-24-9-14(8-22-24)17-21-7-13(6-20)18(23-17)25-10-16-5-15(25)11-26(16)19(27)12-3-2-4-12/h7-9,12,15-16H,2-5,10-11H2,1H3/t15-,16-/m0/s1. The molecular weight excluding hydrogens is 342 g/mol. The molecule has 2 atom stereocenters. The van der Waals surface area contributed by atoms with E-state index in [4.69, 9.17) is 4.98 Å². The number of anilines is 1. The fourth-order valence-electron chi connectivity index (χ4n) is 4.43. The Hall–Kier alpha value is -2.95. The van der Waals surface area contributed by atoms with E-state index in [2.05, 4.69) is 26.0 Å². The summed E-state index contributed by atoms with van der Waals surface area (Å²) >= 11 is 0. The average molecular weight is 363 g/mol. The molecule has 2 aromatic heterocycles. The topological polar surface area (TPSA) is 90.9 Å². The highest BCUT2D eigenvalue weighted by atomic mass is 16.2. The van der Waals surface area contributed by atoms with Crippen LogP contribution in [0.2, 0.25) is 0 Å². The van der Waals surface area contributed by atoms with Gasteiger partial charge in [0.25, 0.3) is 0 Å². The van der Waals surface area contributed by atoms with Crippen molar-refractivity contribution in [2.45, 2.75) is 37.8 Å². The van der Waals surface area contributed by atoms with E-state index in [0.717, 1.165) is 37.9 Å². The molecule has 0 radical (unpaired) electrons. The van der Waals surface area contributed by atoms with Crippen LogP contribution in [-0.4, -0.2) is 55.7 Å². The third kappa shape index (κ3) is 2.57. The van der Waals surface area contributed by atoms with Crippen molar-refractivity contribution >= 4 is 11.7 Å². The van der Waals surface area contributed by atoms with Gasteiger partial charge in [0.15, 0.2) is 11.6 Å². The van der Waals surface area contributed by atoms with Crippen molar-refractivity contribution in [3.05, 3.63) is 24.2 Å². The number of amides is 1. The monoisotopic (exact) mass is 363 g/mol. The molecule has 8 heteroatoms. The Morgan fingerprint density at radius 2 is 2.11 bits per heavy atom. The first-order chi connectivity index (χ1) is 13.1. The van der Waals surface area contributed by atoms with Crippen LogP contribution in [0.1, 0.15) is 31.2 Å². The zero-order chi connectivity index (χ0) is 18.5. The fraction of sp³-hybridized carbons (Fsp3) is 0.526. The summed E-state index contributed by atoms with van der Waals surface area (Å²) in [6.45, 7) is 1.47. The molecule has 3 aliphatic rings. The Balaban J connectivity index is 1.41. The quantitative estimate of drug-likeness (QED) is 0.817. The van der Waals surface area contributed by atoms with Crippen molar-refractivity contribution in [1.82, 2.24) is 24.6 Å². The molecule has 2 aromatic rings. The Kier molecular flexibility index (Phi) is 3.64. The van der Waals surface area contributed by atoms with Gasteiger partial charge in [-0.25, -0.2) is 9.97 Å². The number of hydrogen-bond donors (Lipinski definition) is 0. The van der Waals surface area contributed by atoms with E-state index in [1.807, 2.05) is 13.2 Å². The first-order valence-electron chi connectivity index (χ1n) is 9.47. The largest absolute Gasteiger partial charge is 0.348 e. The minimum Gasteiger partial charge on any atom is -0.348 e. The number of aryl methyl sites for hydroxylation is 1. The molecule has 1 saturated carbocycles. The van der Waals surface area contributed by atoms with E-state index >= 15 is 0 Å². The lowest BCUT2D eigenvalue weighted by Gasteiger charge is -2.38. The van der Waals surface area contributed by atoms with Crippen LogP contribution >= 0.6 is 0 Å². The second-order valence-electron chi connectivity index (χ2n) is 7.76. The Morgan fingerprint density at radius 3 is 2.70 bits per heavy atom. The van der Waals surface area contributed by atoms with Gasteiger partial charge in [-0.15, -0.1) is 0 Å². The van der Waals surface area contributed by atoms with Crippen molar-refractivity contribution in [3.8, 4) is 17.5 Å². The van der Waals surface area contributed by atoms with E-state index in [9.17, 15) is 10.1 Å². The summed E-state index contributed by atoms with van der Waals surface area (Å²) in [7, 11) is 1.85.